The van der Waals surface area contributed by atoms with Crippen LogP contribution in [0.5, 0.6) is 0 Å². The lowest BCUT2D eigenvalue weighted by Crippen LogP contribution is -2.41. The zero-order valence-corrected chi connectivity index (χ0v) is 13.4. The molecule has 0 aromatic heterocycles. The molecule has 4 heteroatoms. The number of hydrogen-bond acceptors (Lipinski definition) is 1. The van der Waals surface area contributed by atoms with E-state index in [1.807, 2.05) is 24.0 Å². The van der Waals surface area contributed by atoms with Crippen LogP contribution in [0.2, 0.25) is 5.02 Å². The van der Waals surface area contributed by atoms with Crippen LogP contribution in [0.25, 0.3) is 0 Å². The van der Waals surface area contributed by atoms with Gasteiger partial charge in [0.15, 0.2) is 0 Å². The summed E-state index contributed by atoms with van der Waals surface area (Å²) in [6.45, 7) is 9.12. The van der Waals surface area contributed by atoms with E-state index < -0.39 is 0 Å². The Bertz CT molecular complexity index is 501. The van der Waals surface area contributed by atoms with Crippen molar-refractivity contribution in [1.82, 2.24) is 4.90 Å². The number of carbonyl (C=O) groups is 1. The minimum atomic E-state index is -0.0426. The molecule has 2 rings (SSSR count). The zero-order chi connectivity index (χ0) is 14.9. The molecule has 0 unspecified atom stereocenters. The normalized spacial score (nSPS) is 20.9. The molecule has 1 saturated carbocycles. The van der Waals surface area contributed by atoms with Crippen LogP contribution < -0.4 is 5.32 Å². The zero-order valence-electron chi connectivity index (χ0n) is 12.6. The van der Waals surface area contributed by atoms with E-state index in [1.54, 1.807) is 6.07 Å². The first-order valence-electron chi connectivity index (χ1n) is 7.22. The Balaban J connectivity index is 2.01. The van der Waals surface area contributed by atoms with Gasteiger partial charge < -0.3 is 10.2 Å². The van der Waals surface area contributed by atoms with Gasteiger partial charge in [-0.25, -0.2) is 4.79 Å². The third kappa shape index (κ3) is 3.66. The van der Waals surface area contributed by atoms with Gasteiger partial charge in [0, 0.05) is 23.3 Å². The van der Waals surface area contributed by atoms with Gasteiger partial charge in [-0.3, -0.25) is 0 Å². The van der Waals surface area contributed by atoms with Gasteiger partial charge in [-0.05, 0) is 56.7 Å². The molecule has 1 aromatic carbocycles. The number of anilines is 1. The van der Waals surface area contributed by atoms with Crippen LogP contribution >= 0.6 is 11.6 Å². The fraction of sp³-hybridized carbons (Fsp3) is 0.562. The van der Waals surface area contributed by atoms with Crippen molar-refractivity contribution in [3.05, 3.63) is 28.8 Å². The van der Waals surface area contributed by atoms with E-state index in [2.05, 4.69) is 26.1 Å². The van der Waals surface area contributed by atoms with Gasteiger partial charge in [-0.1, -0.05) is 24.6 Å². The number of hydrogen-bond donors (Lipinski definition) is 1. The summed E-state index contributed by atoms with van der Waals surface area (Å²) in [4.78, 5) is 14.3. The SMILES string of the molecule is Cc1ccc(NC(=O)N(C[C@@H]2C[C@H]2C)C(C)C)cc1Cl. The third-order valence-electron chi connectivity index (χ3n) is 4.01. The van der Waals surface area contributed by atoms with Crippen LogP contribution in [0.4, 0.5) is 10.5 Å². The standard InChI is InChI=1S/C16H23ClN2O/c1-10(2)19(9-13-7-12(13)4)16(20)18-14-6-5-11(3)15(17)8-14/h5-6,8,10,12-13H,7,9H2,1-4H3,(H,18,20)/t12-,13+/m1/s1. The monoisotopic (exact) mass is 294 g/mol. The Labute approximate surface area is 126 Å². The molecule has 0 spiro atoms. The van der Waals surface area contributed by atoms with Crippen LogP contribution in [-0.2, 0) is 0 Å². The van der Waals surface area contributed by atoms with E-state index in [-0.39, 0.29) is 12.1 Å². The van der Waals surface area contributed by atoms with Gasteiger partial charge in [-0.2, -0.15) is 0 Å². The molecule has 1 aromatic rings. The summed E-state index contributed by atoms with van der Waals surface area (Å²) in [6, 6.07) is 5.76. The van der Waals surface area contributed by atoms with E-state index in [0.29, 0.717) is 10.9 Å². The minimum absolute atomic E-state index is 0.0426. The van der Waals surface area contributed by atoms with Crippen molar-refractivity contribution >= 4 is 23.3 Å². The lowest BCUT2D eigenvalue weighted by Gasteiger charge is -2.27. The van der Waals surface area contributed by atoms with E-state index in [4.69, 9.17) is 11.6 Å². The molecule has 0 bridgehead atoms. The first-order chi connectivity index (χ1) is 9.38. The number of halogens is 1. The van der Waals surface area contributed by atoms with Crippen molar-refractivity contribution in [2.45, 2.75) is 40.2 Å². The topological polar surface area (TPSA) is 32.3 Å². The molecular weight excluding hydrogens is 272 g/mol. The number of aryl methyl sites for hydroxylation is 1. The predicted molar refractivity (Wildman–Crippen MR) is 84.3 cm³/mol. The Morgan fingerprint density at radius 1 is 1.50 bits per heavy atom. The quantitative estimate of drug-likeness (QED) is 0.868. The summed E-state index contributed by atoms with van der Waals surface area (Å²) in [6.07, 6.45) is 1.23. The molecule has 2 atom stereocenters. The summed E-state index contributed by atoms with van der Waals surface area (Å²) in [5.74, 6) is 1.41. The Morgan fingerprint density at radius 3 is 2.65 bits per heavy atom. The van der Waals surface area contributed by atoms with E-state index >= 15 is 0 Å². The third-order valence-corrected chi connectivity index (χ3v) is 4.42. The molecular formula is C16H23ClN2O. The van der Waals surface area contributed by atoms with Crippen LogP contribution in [0.1, 0.15) is 32.8 Å². The van der Waals surface area contributed by atoms with Crippen LogP contribution in [0.3, 0.4) is 0 Å². The smallest absolute Gasteiger partial charge is 0.322 e. The van der Waals surface area contributed by atoms with Crippen LogP contribution in [0, 0.1) is 18.8 Å². The number of rotatable bonds is 4. The lowest BCUT2D eigenvalue weighted by molar-refractivity contribution is 0.193. The summed E-state index contributed by atoms with van der Waals surface area (Å²) < 4.78 is 0. The summed E-state index contributed by atoms with van der Waals surface area (Å²) in [5, 5.41) is 3.62. The molecule has 0 saturated heterocycles. The Kier molecular flexibility index (Phi) is 4.59. The Hall–Kier alpha value is -1.22. The fourth-order valence-electron chi connectivity index (χ4n) is 2.30. The second-order valence-electron chi connectivity index (χ2n) is 6.11. The van der Waals surface area contributed by atoms with E-state index in [9.17, 15) is 4.79 Å². The lowest BCUT2D eigenvalue weighted by atomic mass is 10.2. The largest absolute Gasteiger partial charge is 0.322 e. The first-order valence-corrected chi connectivity index (χ1v) is 7.60. The molecule has 0 aliphatic heterocycles. The minimum Gasteiger partial charge on any atom is -0.322 e. The molecule has 110 valence electrons. The number of urea groups is 1. The van der Waals surface area contributed by atoms with Crippen molar-refractivity contribution in [2.75, 3.05) is 11.9 Å². The highest BCUT2D eigenvalue weighted by molar-refractivity contribution is 6.31. The maximum absolute atomic E-state index is 12.4. The highest BCUT2D eigenvalue weighted by Gasteiger charge is 2.35. The van der Waals surface area contributed by atoms with Crippen molar-refractivity contribution in [3.63, 3.8) is 0 Å². The van der Waals surface area contributed by atoms with Crippen LogP contribution in [-0.4, -0.2) is 23.5 Å². The van der Waals surface area contributed by atoms with Gasteiger partial charge in [-0.15, -0.1) is 0 Å². The fourth-order valence-corrected chi connectivity index (χ4v) is 2.48. The number of nitrogens with zero attached hydrogens (tertiary/aromatic N) is 1. The van der Waals surface area contributed by atoms with Gasteiger partial charge in [0.1, 0.15) is 0 Å². The summed E-state index contributed by atoms with van der Waals surface area (Å²) in [5.41, 5.74) is 1.76. The van der Waals surface area contributed by atoms with Gasteiger partial charge in [0.2, 0.25) is 0 Å². The van der Waals surface area contributed by atoms with Crippen molar-refractivity contribution in [2.24, 2.45) is 11.8 Å². The first kappa shape index (κ1) is 15.2. The maximum Gasteiger partial charge on any atom is 0.322 e. The molecule has 1 aliphatic rings. The van der Waals surface area contributed by atoms with Gasteiger partial charge in [0.05, 0.1) is 0 Å². The number of amides is 2. The highest BCUT2D eigenvalue weighted by Crippen LogP contribution is 2.38. The number of nitrogens with one attached hydrogen (secondary N) is 1. The van der Waals surface area contributed by atoms with E-state index in [1.165, 1.54) is 6.42 Å². The molecule has 0 heterocycles. The number of benzene rings is 1. The average Bonchev–Trinajstić information content (AvgIpc) is 3.06. The highest BCUT2D eigenvalue weighted by atomic mass is 35.5. The molecule has 2 amide bonds. The molecule has 1 fully saturated rings. The summed E-state index contributed by atoms with van der Waals surface area (Å²) >= 11 is 6.09. The average molecular weight is 295 g/mol. The summed E-state index contributed by atoms with van der Waals surface area (Å²) in [7, 11) is 0. The van der Waals surface area contributed by atoms with Crippen molar-refractivity contribution in [1.29, 1.82) is 0 Å². The molecule has 1 N–H and O–H groups in total. The molecule has 0 radical (unpaired) electrons. The van der Waals surface area contributed by atoms with Crippen molar-refractivity contribution in [3.8, 4) is 0 Å². The molecule has 1 aliphatic carbocycles. The number of carbonyl (C=O) groups excluding carboxylic acids is 1. The Morgan fingerprint density at radius 2 is 2.15 bits per heavy atom. The second kappa shape index (κ2) is 6.04. The van der Waals surface area contributed by atoms with Crippen LogP contribution in [0.15, 0.2) is 18.2 Å². The predicted octanol–water partition coefficient (Wildman–Crippen LogP) is 4.55. The second-order valence-corrected chi connectivity index (χ2v) is 6.52. The molecule has 3 nitrogen and oxygen atoms in total. The van der Waals surface area contributed by atoms with E-state index in [0.717, 1.165) is 23.7 Å². The maximum atomic E-state index is 12.4. The molecule has 20 heavy (non-hydrogen) atoms. The van der Waals surface area contributed by atoms with Gasteiger partial charge in [0.25, 0.3) is 0 Å². The van der Waals surface area contributed by atoms with Crippen molar-refractivity contribution < 1.29 is 4.79 Å². The van der Waals surface area contributed by atoms with Gasteiger partial charge >= 0.3 is 6.03 Å².